The fourth-order valence-electron chi connectivity index (χ4n) is 1.58. The second-order valence-corrected chi connectivity index (χ2v) is 7.97. The highest BCUT2D eigenvalue weighted by Crippen LogP contribution is 2.29. The van der Waals surface area contributed by atoms with Gasteiger partial charge in [-0.2, -0.15) is 0 Å². The molecule has 3 N–H and O–H groups in total. The summed E-state index contributed by atoms with van der Waals surface area (Å²) in [5.41, 5.74) is 3.73. The van der Waals surface area contributed by atoms with Crippen molar-refractivity contribution in [3.05, 3.63) is 47.7 Å². The molecule has 2 aromatic rings. The summed E-state index contributed by atoms with van der Waals surface area (Å²) in [6, 6.07) is 6.08. The van der Waals surface area contributed by atoms with Crippen molar-refractivity contribution >= 4 is 59.1 Å². The first-order chi connectivity index (χ1) is 8.60. The van der Waals surface area contributed by atoms with Crippen molar-refractivity contribution in [2.75, 3.05) is 0 Å². The van der Waals surface area contributed by atoms with E-state index in [0.717, 1.165) is 24.8 Å². The van der Waals surface area contributed by atoms with Crippen LogP contribution >= 0.6 is 59.1 Å². The number of thiophene rings is 1. The van der Waals surface area contributed by atoms with Crippen LogP contribution in [0.15, 0.2) is 37.1 Å². The highest BCUT2D eigenvalue weighted by molar-refractivity contribution is 9.11. The molecule has 0 fully saturated rings. The molecule has 0 aromatic carbocycles. The summed E-state index contributed by atoms with van der Waals surface area (Å²) in [6.07, 6.45) is 2.58. The van der Waals surface area contributed by atoms with E-state index in [2.05, 4.69) is 64.3 Å². The third-order valence-corrected chi connectivity index (χ3v) is 5.12. The molecular formula is C11H10Br3N3S. The topological polar surface area (TPSA) is 50.9 Å². The SMILES string of the molecule is NNC(Cc1ccc(Br)s1)c1ncc(Br)cc1Br. The maximum Gasteiger partial charge on any atom is 0.0732 e. The summed E-state index contributed by atoms with van der Waals surface area (Å²) >= 11 is 12.1. The molecule has 0 spiro atoms. The monoisotopic (exact) mass is 453 g/mol. The number of nitrogens with one attached hydrogen (secondary N) is 1. The van der Waals surface area contributed by atoms with Gasteiger partial charge in [0.15, 0.2) is 0 Å². The van der Waals surface area contributed by atoms with Gasteiger partial charge in [-0.25, -0.2) is 0 Å². The molecule has 1 atom stereocenters. The molecule has 0 saturated heterocycles. The molecule has 3 nitrogen and oxygen atoms in total. The van der Waals surface area contributed by atoms with Crippen LogP contribution in [0.4, 0.5) is 0 Å². The molecule has 0 saturated carbocycles. The summed E-state index contributed by atoms with van der Waals surface area (Å²) in [5, 5.41) is 0. The fourth-order valence-corrected chi connectivity index (χ4v) is 4.37. The molecule has 0 radical (unpaired) electrons. The first-order valence-electron chi connectivity index (χ1n) is 5.11. The second kappa shape index (κ2) is 6.58. The average molecular weight is 456 g/mol. The van der Waals surface area contributed by atoms with Gasteiger partial charge in [-0.3, -0.25) is 16.3 Å². The fraction of sp³-hybridized carbons (Fsp3) is 0.182. The van der Waals surface area contributed by atoms with Crippen LogP contribution in [0.25, 0.3) is 0 Å². The Labute approximate surface area is 135 Å². The zero-order valence-electron chi connectivity index (χ0n) is 9.16. The van der Waals surface area contributed by atoms with Gasteiger partial charge < -0.3 is 0 Å². The Morgan fingerprint density at radius 1 is 1.33 bits per heavy atom. The third kappa shape index (κ3) is 3.61. The molecule has 0 aliphatic carbocycles. The number of hydrazine groups is 1. The lowest BCUT2D eigenvalue weighted by atomic mass is 10.1. The minimum atomic E-state index is -0.0157. The van der Waals surface area contributed by atoms with Crippen LogP contribution in [0.3, 0.4) is 0 Å². The molecule has 2 aromatic heterocycles. The van der Waals surface area contributed by atoms with Crippen molar-refractivity contribution < 1.29 is 0 Å². The van der Waals surface area contributed by atoms with Gasteiger partial charge in [0, 0.05) is 26.4 Å². The largest absolute Gasteiger partial charge is 0.271 e. The van der Waals surface area contributed by atoms with E-state index in [9.17, 15) is 0 Å². The molecule has 18 heavy (non-hydrogen) atoms. The molecule has 2 rings (SSSR count). The van der Waals surface area contributed by atoms with E-state index in [1.54, 1.807) is 17.5 Å². The van der Waals surface area contributed by atoms with E-state index >= 15 is 0 Å². The van der Waals surface area contributed by atoms with Crippen LogP contribution in [-0.2, 0) is 6.42 Å². The normalized spacial score (nSPS) is 12.7. The Kier molecular flexibility index (Phi) is 5.35. The lowest BCUT2D eigenvalue weighted by Crippen LogP contribution is -2.30. The van der Waals surface area contributed by atoms with Crippen molar-refractivity contribution in [3.8, 4) is 0 Å². The summed E-state index contributed by atoms with van der Waals surface area (Å²) in [6.45, 7) is 0. The van der Waals surface area contributed by atoms with E-state index in [1.165, 1.54) is 4.88 Å². The second-order valence-electron chi connectivity index (χ2n) is 3.65. The van der Waals surface area contributed by atoms with Gasteiger partial charge in [-0.05, 0) is 66.0 Å². The molecule has 7 heteroatoms. The maximum atomic E-state index is 5.64. The van der Waals surface area contributed by atoms with E-state index in [4.69, 9.17) is 5.84 Å². The molecule has 0 aliphatic rings. The number of pyridine rings is 1. The van der Waals surface area contributed by atoms with Gasteiger partial charge in [-0.1, -0.05) is 0 Å². The van der Waals surface area contributed by atoms with Gasteiger partial charge in [0.2, 0.25) is 0 Å². The standard InChI is InChI=1S/C11H10Br3N3S/c12-6-3-8(13)11(16-5-6)9(17-15)4-7-1-2-10(14)18-7/h1-3,5,9,17H,4,15H2. The number of rotatable bonds is 4. The summed E-state index contributed by atoms with van der Waals surface area (Å²) < 4.78 is 3.00. The van der Waals surface area contributed by atoms with Crippen LogP contribution < -0.4 is 11.3 Å². The van der Waals surface area contributed by atoms with E-state index in [-0.39, 0.29) is 6.04 Å². The van der Waals surface area contributed by atoms with Crippen LogP contribution in [0, 0.1) is 0 Å². The zero-order chi connectivity index (χ0) is 13.1. The van der Waals surface area contributed by atoms with E-state index in [1.807, 2.05) is 12.1 Å². The van der Waals surface area contributed by atoms with Crippen molar-refractivity contribution in [2.24, 2.45) is 5.84 Å². The van der Waals surface area contributed by atoms with Gasteiger partial charge in [-0.15, -0.1) is 11.3 Å². The number of nitrogens with zero attached hydrogens (tertiary/aromatic N) is 1. The number of nitrogens with two attached hydrogens (primary N) is 1. The Balaban J connectivity index is 2.22. The first kappa shape index (κ1) is 14.6. The Morgan fingerprint density at radius 2 is 2.11 bits per heavy atom. The predicted octanol–water partition coefficient (Wildman–Crippen LogP) is 4.18. The van der Waals surface area contributed by atoms with Crippen molar-refractivity contribution in [2.45, 2.75) is 12.5 Å². The highest BCUT2D eigenvalue weighted by Gasteiger charge is 2.16. The third-order valence-electron chi connectivity index (χ3n) is 2.40. The lowest BCUT2D eigenvalue weighted by Gasteiger charge is -2.16. The smallest absolute Gasteiger partial charge is 0.0732 e. The number of halogens is 3. The van der Waals surface area contributed by atoms with Crippen LogP contribution in [0.5, 0.6) is 0 Å². The first-order valence-corrected chi connectivity index (χ1v) is 8.31. The highest BCUT2D eigenvalue weighted by atomic mass is 79.9. The van der Waals surface area contributed by atoms with Crippen LogP contribution in [0.1, 0.15) is 16.6 Å². The van der Waals surface area contributed by atoms with Crippen LogP contribution in [-0.4, -0.2) is 4.98 Å². The van der Waals surface area contributed by atoms with Crippen molar-refractivity contribution in [1.82, 2.24) is 10.4 Å². The minimum Gasteiger partial charge on any atom is -0.271 e. The number of hydrogen-bond acceptors (Lipinski definition) is 4. The Hall–Kier alpha value is 0.210. The zero-order valence-corrected chi connectivity index (χ0v) is 14.7. The van der Waals surface area contributed by atoms with Gasteiger partial charge in [0.1, 0.15) is 0 Å². The molecule has 2 heterocycles. The summed E-state index contributed by atoms with van der Waals surface area (Å²) in [7, 11) is 0. The molecule has 0 bridgehead atoms. The van der Waals surface area contributed by atoms with Crippen molar-refractivity contribution in [1.29, 1.82) is 0 Å². The molecule has 96 valence electrons. The van der Waals surface area contributed by atoms with E-state index < -0.39 is 0 Å². The Bertz CT molecular complexity index is 544. The summed E-state index contributed by atoms with van der Waals surface area (Å²) in [4.78, 5) is 5.66. The summed E-state index contributed by atoms with van der Waals surface area (Å²) in [5.74, 6) is 5.64. The molecular weight excluding hydrogens is 446 g/mol. The Morgan fingerprint density at radius 3 is 2.67 bits per heavy atom. The number of hydrogen-bond donors (Lipinski definition) is 2. The maximum absolute atomic E-state index is 5.64. The van der Waals surface area contributed by atoms with Gasteiger partial charge in [0.25, 0.3) is 0 Å². The van der Waals surface area contributed by atoms with Gasteiger partial charge in [0.05, 0.1) is 15.5 Å². The molecule has 1 unspecified atom stereocenters. The quantitative estimate of drug-likeness (QED) is 0.537. The molecule has 0 amide bonds. The molecule has 0 aliphatic heterocycles. The van der Waals surface area contributed by atoms with Crippen LogP contribution in [0.2, 0.25) is 0 Å². The van der Waals surface area contributed by atoms with E-state index in [0.29, 0.717) is 0 Å². The predicted molar refractivity (Wildman–Crippen MR) is 85.4 cm³/mol. The van der Waals surface area contributed by atoms with Crippen molar-refractivity contribution in [3.63, 3.8) is 0 Å². The van der Waals surface area contributed by atoms with Gasteiger partial charge >= 0.3 is 0 Å². The average Bonchev–Trinajstić information content (AvgIpc) is 2.72. The lowest BCUT2D eigenvalue weighted by molar-refractivity contribution is 0.539. The number of aromatic nitrogens is 1. The minimum absolute atomic E-state index is 0.0157.